The van der Waals surface area contributed by atoms with Gasteiger partial charge in [0.05, 0.1) is 23.4 Å². The lowest BCUT2D eigenvalue weighted by Crippen LogP contribution is -2.33. The highest BCUT2D eigenvalue weighted by atomic mass is 32.2. The van der Waals surface area contributed by atoms with Crippen LogP contribution in [0.2, 0.25) is 0 Å². The largest absolute Gasteiger partial charge is 0.383 e. The number of rotatable bonds is 5. The van der Waals surface area contributed by atoms with E-state index in [1.165, 1.54) is 23.1 Å². The molecule has 0 atom stereocenters. The number of amides is 2. The Morgan fingerprint density at radius 1 is 1.14 bits per heavy atom. The van der Waals surface area contributed by atoms with Crippen molar-refractivity contribution in [3.8, 4) is 0 Å². The van der Waals surface area contributed by atoms with E-state index in [2.05, 4.69) is 5.32 Å². The maximum atomic E-state index is 13.1. The first-order chi connectivity index (χ1) is 13.7. The number of nitrogens with zero attached hydrogens (tertiary/aromatic N) is 1. The fourth-order valence-electron chi connectivity index (χ4n) is 3.00. The first kappa shape index (κ1) is 18.7. The van der Waals surface area contributed by atoms with Gasteiger partial charge >= 0.3 is 0 Å². The number of hydrogen-bond donors (Lipinski definition) is 1. The highest BCUT2D eigenvalue weighted by molar-refractivity contribution is 7.99. The molecule has 7 heteroatoms. The zero-order valence-electron chi connectivity index (χ0n) is 15.2. The summed E-state index contributed by atoms with van der Waals surface area (Å²) in [6.45, 7) is 0.895. The predicted molar refractivity (Wildman–Crippen MR) is 113 cm³/mol. The van der Waals surface area contributed by atoms with E-state index in [1.54, 1.807) is 18.1 Å². The molecule has 2 aromatic carbocycles. The molecule has 28 heavy (non-hydrogen) atoms. The Kier molecular flexibility index (Phi) is 5.47. The van der Waals surface area contributed by atoms with E-state index < -0.39 is 0 Å². The average molecular weight is 411 g/mol. The summed E-state index contributed by atoms with van der Waals surface area (Å²) in [5.74, 6) is -0.193. The van der Waals surface area contributed by atoms with Crippen LogP contribution in [-0.4, -0.2) is 32.1 Å². The van der Waals surface area contributed by atoms with Gasteiger partial charge in [0.2, 0.25) is 0 Å². The second-order valence-corrected chi connectivity index (χ2v) is 8.06. The zero-order valence-corrected chi connectivity index (χ0v) is 16.8. The molecule has 2 amide bonds. The van der Waals surface area contributed by atoms with Gasteiger partial charge in [-0.25, -0.2) is 0 Å². The summed E-state index contributed by atoms with van der Waals surface area (Å²) in [7, 11) is 1.62. The van der Waals surface area contributed by atoms with Crippen LogP contribution in [0.15, 0.2) is 69.1 Å². The Morgan fingerprint density at radius 3 is 2.79 bits per heavy atom. The van der Waals surface area contributed by atoms with Crippen molar-refractivity contribution in [1.29, 1.82) is 0 Å². The summed E-state index contributed by atoms with van der Waals surface area (Å²) in [5.41, 5.74) is 2.82. The van der Waals surface area contributed by atoms with E-state index in [1.807, 2.05) is 53.2 Å². The van der Waals surface area contributed by atoms with Crippen LogP contribution in [0.3, 0.4) is 0 Å². The van der Waals surface area contributed by atoms with Gasteiger partial charge in [0.15, 0.2) is 0 Å². The number of hydrogen-bond acceptors (Lipinski definition) is 5. The van der Waals surface area contributed by atoms with Crippen molar-refractivity contribution < 1.29 is 14.3 Å². The van der Waals surface area contributed by atoms with Crippen LogP contribution in [0.4, 0.5) is 11.4 Å². The molecule has 1 aliphatic rings. The number of carbonyl (C=O) groups is 2. The topological polar surface area (TPSA) is 58.6 Å². The minimum atomic E-state index is -0.146. The summed E-state index contributed by atoms with van der Waals surface area (Å²) in [5, 5.41) is 6.62. The van der Waals surface area contributed by atoms with Crippen LogP contribution in [0.5, 0.6) is 0 Å². The molecule has 0 saturated carbocycles. The molecule has 4 rings (SSSR count). The maximum absolute atomic E-state index is 13.1. The number of thiophene rings is 1. The van der Waals surface area contributed by atoms with Crippen molar-refractivity contribution in [3.63, 3.8) is 0 Å². The standard InChI is InChI=1S/C21H18N2O3S2/c1-26-10-9-23-17-7-6-15(22-20(24)14-8-11-27-13-14)12-19(17)28-18-5-3-2-4-16(18)21(23)25/h2-8,11-13H,9-10H2,1H3,(H,22,24). The molecule has 0 unspecified atom stereocenters. The molecule has 5 nitrogen and oxygen atoms in total. The molecule has 1 aliphatic heterocycles. The van der Waals surface area contributed by atoms with Crippen molar-refractivity contribution in [1.82, 2.24) is 0 Å². The molecule has 142 valence electrons. The summed E-state index contributed by atoms with van der Waals surface area (Å²) in [6.07, 6.45) is 0. The fraction of sp³-hybridized carbons (Fsp3) is 0.143. The molecule has 0 radical (unpaired) electrons. The van der Waals surface area contributed by atoms with E-state index in [9.17, 15) is 9.59 Å². The SMILES string of the molecule is COCCN1C(=O)c2ccccc2Sc2cc(NC(=O)c3ccsc3)ccc21. The predicted octanol–water partition coefficient (Wildman–Crippen LogP) is 4.76. The number of methoxy groups -OCH3 is 1. The normalized spacial score (nSPS) is 12.9. The summed E-state index contributed by atoms with van der Waals surface area (Å²) >= 11 is 3.01. The lowest BCUT2D eigenvalue weighted by Gasteiger charge is -2.23. The summed E-state index contributed by atoms with van der Waals surface area (Å²) in [4.78, 5) is 29.0. The van der Waals surface area contributed by atoms with Gasteiger partial charge in [0.25, 0.3) is 11.8 Å². The highest BCUT2D eigenvalue weighted by Crippen LogP contribution is 2.42. The molecular formula is C21H18N2O3S2. The van der Waals surface area contributed by atoms with E-state index in [-0.39, 0.29) is 11.8 Å². The Labute approximate surface area is 171 Å². The minimum Gasteiger partial charge on any atom is -0.383 e. The third-order valence-electron chi connectivity index (χ3n) is 4.39. The number of carbonyl (C=O) groups excluding carboxylic acids is 2. The highest BCUT2D eigenvalue weighted by Gasteiger charge is 2.27. The monoisotopic (exact) mass is 410 g/mol. The lowest BCUT2D eigenvalue weighted by atomic mass is 10.1. The van der Waals surface area contributed by atoms with E-state index >= 15 is 0 Å². The Balaban J connectivity index is 1.71. The van der Waals surface area contributed by atoms with Gasteiger partial charge in [-0.15, -0.1) is 0 Å². The average Bonchev–Trinajstić information content (AvgIpc) is 3.21. The smallest absolute Gasteiger partial charge is 0.259 e. The first-order valence-corrected chi connectivity index (χ1v) is 10.5. The van der Waals surface area contributed by atoms with Gasteiger partial charge in [0, 0.05) is 34.5 Å². The van der Waals surface area contributed by atoms with Gasteiger partial charge in [0.1, 0.15) is 0 Å². The second kappa shape index (κ2) is 8.18. The van der Waals surface area contributed by atoms with E-state index in [0.29, 0.717) is 30.0 Å². The number of nitrogens with one attached hydrogen (secondary N) is 1. The van der Waals surface area contributed by atoms with Crippen molar-refractivity contribution in [2.24, 2.45) is 0 Å². The Bertz CT molecular complexity index is 1020. The van der Waals surface area contributed by atoms with Crippen molar-refractivity contribution in [2.45, 2.75) is 9.79 Å². The quantitative estimate of drug-likeness (QED) is 0.659. The Hall–Kier alpha value is -2.61. The van der Waals surface area contributed by atoms with Crippen LogP contribution >= 0.6 is 23.1 Å². The molecular weight excluding hydrogens is 392 g/mol. The van der Waals surface area contributed by atoms with Crippen LogP contribution in [0, 0.1) is 0 Å². The molecule has 0 fully saturated rings. The van der Waals surface area contributed by atoms with Gasteiger partial charge in [-0.05, 0) is 41.8 Å². The van der Waals surface area contributed by atoms with E-state index in [4.69, 9.17) is 4.74 Å². The van der Waals surface area contributed by atoms with Crippen molar-refractivity contribution >= 4 is 46.3 Å². The number of anilines is 2. The van der Waals surface area contributed by atoms with E-state index in [0.717, 1.165) is 15.5 Å². The lowest BCUT2D eigenvalue weighted by molar-refractivity contribution is 0.0972. The maximum Gasteiger partial charge on any atom is 0.259 e. The third-order valence-corrected chi connectivity index (χ3v) is 6.20. The Morgan fingerprint density at radius 2 is 2.00 bits per heavy atom. The van der Waals surface area contributed by atoms with Crippen molar-refractivity contribution in [3.05, 3.63) is 70.4 Å². The summed E-state index contributed by atoms with van der Waals surface area (Å²) in [6, 6.07) is 15.0. The van der Waals surface area contributed by atoms with Gasteiger partial charge in [-0.1, -0.05) is 23.9 Å². The third kappa shape index (κ3) is 3.69. The number of fused-ring (bicyclic) bond motifs is 2. The molecule has 0 saturated heterocycles. The molecule has 1 aromatic heterocycles. The second-order valence-electron chi connectivity index (χ2n) is 6.20. The van der Waals surface area contributed by atoms with Crippen LogP contribution in [0.1, 0.15) is 20.7 Å². The van der Waals surface area contributed by atoms with Crippen molar-refractivity contribution in [2.75, 3.05) is 30.5 Å². The van der Waals surface area contributed by atoms with Gasteiger partial charge in [-0.3, -0.25) is 9.59 Å². The molecule has 0 aliphatic carbocycles. The van der Waals surface area contributed by atoms with Gasteiger partial charge < -0.3 is 15.0 Å². The molecule has 0 bridgehead atoms. The number of ether oxygens (including phenoxy) is 1. The number of benzene rings is 2. The summed E-state index contributed by atoms with van der Waals surface area (Å²) < 4.78 is 5.20. The minimum absolute atomic E-state index is 0.0473. The fourth-order valence-corrected chi connectivity index (χ4v) is 4.76. The zero-order chi connectivity index (χ0) is 19.5. The first-order valence-electron chi connectivity index (χ1n) is 8.72. The van der Waals surface area contributed by atoms with Crippen LogP contribution in [-0.2, 0) is 4.74 Å². The van der Waals surface area contributed by atoms with Crippen LogP contribution < -0.4 is 10.2 Å². The molecule has 2 heterocycles. The van der Waals surface area contributed by atoms with Gasteiger partial charge in [-0.2, -0.15) is 11.3 Å². The van der Waals surface area contributed by atoms with Crippen LogP contribution in [0.25, 0.3) is 0 Å². The molecule has 3 aromatic rings. The molecule has 1 N–H and O–H groups in total. The molecule has 0 spiro atoms.